The van der Waals surface area contributed by atoms with Gasteiger partial charge < -0.3 is 11.1 Å². The number of hydrogen-bond acceptors (Lipinski definition) is 5. The van der Waals surface area contributed by atoms with Crippen molar-refractivity contribution in [3.63, 3.8) is 0 Å². The normalized spacial score (nSPS) is 10.2. The van der Waals surface area contributed by atoms with E-state index in [2.05, 4.69) is 25.9 Å². The summed E-state index contributed by atoms with van der Waals surface area (Å²) in [7, 11) is 0. The molecule has 0 atom stereocenters. The van der Waals surface area contributed by atoms with Gasteiger partial charge in [0.25, 0.3) is 17.6 Å². The number of anilines is 1. The Bertz CT molecular complexity index is 635. The molecule has 1 aromatic carbocycles. The smallest absolute Gasteiger partial charge is 0.297 e. The Kier molecular flexibility index (Phi) is 3.23. The van der Waals surface area contributed by atoms with E-state index < -0.39 is 11.8 Å². The monoisotopic (exact) mass is 260 g/mol. The van der Waals surface area contributed by atoms with Crippen molar-refractivity contribution in [1.29, 1.82) is 0 Å². The number of nitrogens with one attached hydrogen (secondary N) is 2. The Hall–Kier alpha value is -2.77. The van der Waals surface area contributed by atoms with Crippen LogP contribution in [-0.4, -0.2) is 32.4 Å². The third kappa shape index (κ3) is 2.57. The number of nitrogens with two attached hydrogens (primary N) is 1. The van der Waals surface area contributed by atoms with Crippen LogP contribution >= 0.6 is 0 Å². The number of benzene rings is 1. The van der Waals surface area contributed by atoms with E-state index in [1.807, 2.05) is 13.8 Å². The largest absolute Gasteiger partial charge is 0.366 e. The van der Waals surface area contributed by atoms with Crippen molar-refractivity contribution < 1.29 is 9.59 Å². The summed E-state index contributed by atoms with van der Waals surface area (Å²) in [6.07, 6.45) is 0. The van der Waals surface area contributed by atoms with Crippen LogP contribution in [0.1, 0.15) is 32.1 Å². The highest BCUT2D eigenvalue weighted by molar-refractivity contribution is 6.07. The molecule has 2 rings (SSSR count). The number of aromatic nitrogens is 4. The number of amides is 2. The molecule has 0 aliphatic rings. The number of carbonyl (C=O) groups excluding carboxylic acids is 2. The second kappa shape index (κ2) is 4.84. The van der Waals surface area contributed by atoms with Gasteiger partial charge in [-0.3, -0.25) is 9.59 Å². The van der Waals surface area contributed by atoms with Gasteiger partial charge in [-0.25, -0.2) is 0 Å². The van der Waals surface area contributed by atoms with E-state index in [0.717, 1.165) is 11.1 Å². The lowest BCUT2D eigenvalue weighted by Gasteiger charge is -2.10. The van der Waals surface area contributed by atoms with Crippen LogP contribution in [0.25, 0.3) is 0 Å². The van der Waals surface area contributed by atoms with E-state index >= 15 is 0 Å². The van der Waals surface area contributed by atoms with Crippen LogP contribution in [0.3, 0.4) is 0 Å². The van der Waals surface area contributed by atoms with Crippen LogP contribution in [-0.2, 0) is 0 Å². The Labute approximate surface area is 108 Å². The number of nitrogens with zero attached hydrogens (tertiary/aromatic N) is 3. The summed E-state index contributed by atoms with van der Waals surface area (Å²) < 4.78 is 0. The summed E-state index contributed by atoms with van der Waals surface area (Å²) in [5.41, 5.74) is 7.68. The van der Waals surface area contributed by atoms with E-state index in [0.29, 0.717) is 5.69 Å². The number of aryl methyl sites for hydroxylation is 2. The molecule has 0 bridgehead atoms. The lowest BCUT2D eigenvalue weighted by molar-refractivity contribution is 0.100. The van der Waals surface area contributed by atoms with E-state index in [4.69, 9.17) is 5.73 Å². The molecule has 98 valence electrons. The minimum Gasteiger partial charge on any atom is -0.366 e. The average Bonchev–Trinajstić information content (AvgIpc) is 2.86. The highest BCUT2D eigenvalue weighted by Crippen LogP contribution is 2.21. The van der Waals surface area contributed by atoms with Gasteiger partial charge in [0.1, 0.15) is 0 Å². The standard InChI is InChI=1S/C11H12N6O2/c1-5-3-7(9(12)18)8(4-6(5)2)13-11(19)10-14-16-17-15-10/h3-4H,1-2H3,(H2,12,18)(H,13,19)(H,14,15,16,17). The predicted octanol–water partition coefficient (Wildman–Crippen LogP) is 0.168. The molecule has 2 aromatic rings. The fraction of sp³-hybridized carbons (Fsp3) is 0.182. The van der Waals surface area contributed by atoms with Crippen LogP contribution < -0.4 is 11.1 Å². The molecule has 0 aliphatic carbocycles. The van der Waals surface area contributed by atoms with E-state index in [9.17, 15) is 9.59 Å². The van der Waals surface area contributed by atoms with Gasteiger partial charge in [0.05, 0.1) is 11.3 Å². The first-order chi connectivity index (χ1) is 8.99. The molecule has 0 unspecified atom stereocenters. The number of primary amides is 1. The third-order valence-electron chi connectivity index (χ3n) is 2.70. The van der Waals surface area contributed by atoms with Gasteiger partial charge in [-0.15, -0.1) is 10.2 Å². The van der Waals surface area contributed by atoms with Gasteiger partial charge in [-0.1, -0.05) is 0 Å². The number of rotatable bonds is 3. The van der Waals surface area contributed by atoms with Crippen molar-refractivity contribution >= 4 is 17.5 Å². The molecule has 8 heteroatoms. The maximum absolute atomic E-state index is 11.8. The fourth-order valence-corrected chi connectivity index (χ4v) is 1.56. The van der Waals surface area contributed by atoms with Gasteiger partial charge in [-0.05, 0) is 42.3 Å². The van der Waals surface area contributed by atoms with Crippen molar-refractivity contribution in [2.75, 3.05) is 5.32 Å². The van der Waals surface area contributed by atoms with E-state index in [1.165, 1.54) is 0 Å². The number of aromatic amines is 1. The average molecular weight is 260 g/mol. The molecular weight excluding hydrogens is 248 g/mol. The quantitative estimate of drug-likeness (QED) is 0.724. The molecule has 8 nitrogen and oxygen atoms in total. The first-order valence-electron chi connectivity index (χ1n) is 5.45. The Morgan fingerprint density at radius 1 is 1.26 bits per heavy atom. The van der Waals surface area contributed by atoms with Gasteiger partial charge in [0.15, 0.2) is 0 Å². The van der Waals surface area contributed by atoms with Crippen LogP contribution in [0.5, 0.6) is 0 Å². The topological polar surface area (TPSA) is 127 Å². The van der Waals surface area contributed by atoms with Crippen molar-refractivity contribution in [3.05, 3.63) is 34.6 Å². The second-order valence-electron chi connectivity index (χ2n) is 4.04. The molecule has 0 aliphatic heterocycles. The molecule has 0 saturated carbocycles. The Morgan fingerprint density at radius 3 is 2.53 bits per heavy atom. The zero-order valence-corrected chi connectivity index (χ0v) is 10.4. The zero-order chi connectivity index (χ0) is 14.0. The number of H-pyrrole nitrogens is 1. The van der Waals surface area contributed by atoms with Gasteiger partial charge in [0, 0.05) is 0 Å². The maximum atomic E-state index is 11.8. The molecular formula is C11H12N6O2. The minimum atomic E-state index is -0.619. The maximum Gasteiger partial charge on any atom is 0.297 e. The second-order valence-corrected chi connectivity index (χ2v) is 4.04. The van der Waals surface area contributed by atoms with Crippen molar-refractivity contribution in [3.8, 4) is 0 Å². The molecule has 19 heavy (non-hydrogen) atoms. The fourth-order valence-electron chi connectivity index (χ4n) is 1.56. The third-order valence-corrected chi connectivity index (χ3v) is 2.70. The van der Waals surface area contributed by atoms with E-state index in [-0.39, 0.29) is 11.4 Å². The molecule has 0 spiro atoms. The zero-order valence-electron chi connectivity index (χ0n) is 10.4. The number of carbonyl (C=O) groups is 2. The summed E-state index contributed by atoms with van der Waals surface area (Å²) >= 11 is 0. The number of hydrogen-bond donors (Lipinski definition) is 3. The first kappa shape index (κ1) is 12.7. The van der Waals surface area contributed by atoms with E-state index in [1.54, 1.807) is 12.1 Å². The molecule has 4 N–H and O–H groups in total. The van der Waals surface area contributed by atoms with Gasteiger partial charge >= 0.3 is 0 Å². The van der Waals surface area contributed by atoms with Crippen LogP contribution in [0.4, 0.5) is 5.69 Å². The molecule has 0 fully saturated rings. The summed E-state index contributed by atoms with van der Waals surface area (Å²) in [4.78, 5) is 23.2. The van der Waals surface area contributed by atoms with Crippen molar-refractivity contribution in [2.45, 2.75) is 13.8 Å². The molecule has 1 aromatic heterocycles. The van der Waals surface area contributed by atoms with Crippen LogP contribution in [0, 0.1) is 13.8 Å². The minimum absolute atomic E-state index is 0.117. The Balaban J connectivity index is 2.36. The summed E-state index contributed by atoms with van der Waals surface area (Å²) in [5.74, 6) is -1.31. The predicted molar refractivity (Wildman–Crippen MR) is 66.6 cm³/mol. The SMILES string of the molecule is Cc1cc(NC(=O)c2nn[nH]n2)c(C(N)=O)cc1C. The summed E-state index contributed by atoms with van der Waals surface area (Å²) in [6, 6.07) is 3.30. The highest BCUT2D eigenvalue weighted by Gasteiger charge is 2.16. The first-order valence-corrected chi connectivity index (χ1v) is 5.45. The van der Waals surface area contributed by atoms with Gasteiger partial charge in [0.2, 0.25) is 0 Å². The van der Waals surface area contributed by atoms with Crippen molar-refractivity contribution in [1.82, 2.24) is 20.6 Å². The van der Waals surface area contributed by atoms with Crippen molar-refractivity contribution in [2.24, 2.45) is 5.73 Å². The highest BCUT2D eigenvalue weighted by atomic mass is 16.2. The summed E-state index contributed by atoms with van der Waals surface area (Å²) in [5, 5.41) is 15.1. The molecule has 0 radical (unpaired) electrons. The van der Waals surface area contributed by atoms with Crippen LogP contribution in [0.15, 0.2) is 12.1 Å². The van der Waals surface area contributed by atoms with Crippen LogP contribution in [0.2, 0.25) is 0 Å². The Morgan fingerprint density at radius 2 is 1.95 bits per heavy atom. The number of tetrazole rings is 1. The molecule has 0 saturated heterocycles. The lowest BCUT2D eigenvalue weighted by atomic mass is 10.0. The molecule has 1 heterocycles. The lowest BCUT2D eigenvalue weighted by Crippen LogP contribution is -2.19. The van der Waals surface area contributed by atoms with Gasteiger partial charge in [-0.2, -0.15) is 5.21 Å². The molecule has 2 amide bonds. The summed E-state index contributed by atoms with van der Waals surface area (Å²) in [6.45, 7) is 3.72.